The van der Waals surface area contributed by atoms with Crippen molar-refractivity contribution < 1.29 is 4.79 Å². The largest absolute Gasteiger partial charge is 0.354 e. The minimum absolute atomic E-state index is 0.104. The maximum Gasteiger partial charge on any atom is 0.253 e. The van der Waals surface area contributed by atoms with Crippen LogP contribution in [0.15, 0.2) is 60.7 Å². The van der Waals surface area contributed by atoms with Crippen LogP contribution in [0.25, 0.3) is 22.5 Å². The molecule has 1 amide bonds. The van der Waals surface area contributed by atoms with Crippen molar-refractivity contribution in [3.05, 3.63) is 71.8 Å². The van der Waals surface area contributed by atoms with Gasteiger partial charge in [0.2, 0.25) is 0 Å². The Morgan fingerprint density at radius 1 is 1.08 bits per heavy atom. The maximum atomic E-state index is 12.4. The Morgan fingerprint density at radius 3 is 2.42 bits per heavy atom. The average molecular weight is 315 g/mol. The average Bonchev–Trinajstić information content (AvgIpc) is 3.08. The summed E-state index contributed by atoms with van der Waals surface area (Å²) in [5.74, 6) is -0.104. The van der Waals surface area contributed by atoms with E-state index in [-0.39, 0.29) is 5.91 Å². The molecule has 0 unspecified atom stereocenters. The van der Waals surface area contributed by atoms with E-state index in [4.69, 9.17) is 5.26 Å². The van der Waals surface area contributed by atoms with Crippen LogP contribution in [0.4, 0.5) is 0 Å². The van der Waals surface area contributed by atoms with Crippen molar-refractivity contribution in [2.24, 2.45) is 0 Å². The van der Waals surface area contributed by atoms with Gasteiger partial charge in [0.05, 0.1) is 22.9 Å². The van der Waals surface area contributed by atoms with Gasteiger partial charge >= 0.3 is 0 Å². The Bertz CT molecular complexity index is 887. The van der Waals surface area contributed by atoms with E-state index >= 15 is 0 Å². The van der Waals surface area contributed by atoms with Crippen LogP contribution in [0.2, 0.25) is 0 Å². The fraction of sp³-hybridized carbons (Fsp3) is 0.100. The monoisotopic (exact) mass is 315 g/mol. The summed E-state index contributed by atoms with van der Waals surface area (Å²) < 4.78 is 0. The first-order valence-corrected chi connectivity index (χ1v) is 7.80. The molecule has 2 aromatic carbocycles. The van der Waals surface area contributed by atoms with E-state index in [2.05, 4.69) is 16.4 Å². The molecule has 1 aromatic heterocycles. The lowest BCUT2D eigenvalue weighted by Gasteiger charge is -2.04. The van der Waals surface area contributed by atoms with Gasteiger partial charge in [-0.3, -0.25) is 4.79 Å². The number of rotatable bonds is 4. The topological polar surface area (TPSA) is 68.7 Å². The summed E-state index contributed by atoms with van der Waals surface area (Å²) in [5, 5.41) is 11.8. The van der Waals surface area contributed by atoms with Gasteiger partial charge in [0.25, 0.3) is 5.91 Å². The van der Waals surface area contributed by atoms with Gasteiger partial charge in [-0.2, -0.15) is 5.26 Å². The fourth-order valence-corrected chi connectivity index (χ4v) is 2.60. The summed E-state index contributed by atoms with van der Waals surface area (Å²) in [6.07, 6.45) is 0. The van der Waals surface area contributed by atoms with E-state index in [1.807, 2.05) is 55.5 Å². The predicted octanol–water partition coefficient (Wildman–Crippen LogP) is 3.97. The van der Waals surface area contributed by atoms with Crippen LogP contribution in [0.5, 0.6) is 0 Å². The van der Waals surface area contributed by atoms with Gasteiger partial charge in [0, 0.05) is 12.2 Å². The molecule has 0 radical (unpaired) electrons. The summed E-state index contributed by atoms with van der Waals surface area (Å²) in [7, 11) is 0. The molecule has 1 heterocycles. The highest BCUT2D eigenvalue weighted by Crippen LogP contribution is 2.29. The SMILES string of the molecule is CCNC(=O)c1cc(-c2ccc(C#N)cc2)[nH]c1-c1ccccc1. The number of amides is 1. The van der Waals surface area contributed by atoms with Gasteiger partial charge in [-0.05, 0) is 36.2 Å². The molecule has 0 aliphatic rings. The summed E-state index contributed by atoms with van der Waals surface area (Å²) in [5.41, 5.74) is 4.75. The van der Waals surface area contributed by atoms with Crippen LogP contribution in [0, 0.1) is 11.3 Å². The van der Waals surface area contributed by atoms with E-state index in [1.54, 1.807) is 12.1 Å². The van der Waals surface area contributed by atoms with Gasteiger partial charge in [0.1, 0.15) is 0 Å². The summed E-state index contributed by atoms with van der Waals surface area (Å²) >= 11 is 0. The van der Waals surface area contributed by atoms with E-state index < -0.39 is 0 Å². The number of hydrogen-bond acceptors (Lipinski definition) is 2. The van der Waals surface area contributed by atoms with Gasteiger partial charge in [0.15, 0.2) is 0 Å². The Hall–Kier alpha value is -3.32. The molecule has 0 fully saturated rings. The minimum Gasteiger partial charge on any atom is -0.354 e. The predicted molar refractivity (Wildman–Crippen MR) is 94.4 cm³/mol. The van der Waals surface area contributed by atoms with Crippen LogP contribution >= 0.6 is 0 Å². The molecule has 0 atom stereocenters. The molecule has 24 heavy (non-hydrogen) atoms. The van der Waals surface area contributed by atoms with E-state index in [1.165, 1.54) is 0 Å². The zero-order valence-electron chi connectivity index (χ0n) is 13.3. The van der Waals surface area contributed by atoms with E-state index in [0.717, 1.165) is 22.5 Å². The Kier molecular flexibility index (Phi) is 4.44. The molecular formula is C20H17N3O. The Balaban J connectivity index is 2.08. The number of nitrogens with one attached hydrogen (secondary N) is 2. The van der Waals surface area contributed by atoms with Gasteiger partial charge in [-0.25, -0.2) is 0 Å². The third-order valence-corrected chi connectivity index (χ3v) is 3.79. The number of carbonyl (C=O) groups excluding carboxylic acids is 1. The first kappa shape index (κ1) is 15.6. The van der Waals surface area contributed by atoms with Crippen LogP contribution in [0.3, 0.4) is 0 Å². The van der Waals surface area contributed by atoms with Crippen molar-refractivity contribution in [1.82, 2.24) is 10.3 Å². The Labute approximate surface area is 140 Å². The molecule has 4 heteroatoms. The minimum atomic E-state index is -0.104. The molecule has 2 N–H and O–H groups in total. The molecule has 0 aliphatic heterocycles. The summed E-state index contributed by atoms with van der Waals surface area (Å²) in [6, 6.07) is 21.0. The fourth-order valence-electron chi connectivity index (χ4n) is 2.60. The number of hydrogen-bond donors (Lipinski definition) is 2. The molecule has 4 nitrogen and oxygen atoms in total. The first-order chi connectivity index (χ1) is 11.7. The van der Waals surface area contributed by atoms with E-state index in [0.29, 0.717) is 17.7 Å². The third-order valence-electron chi connectivity index (χ3n) is 3.79. The molecule has 0 saturated heterocycles. The van der Waals surface area contributed by atoms with E-state index in [9.17, 15) is 4.79 Å². The molecule has 3 aromatic rings. The highest BCUT2D eigenvalue weighted by atomic mass is 16.1. The van der Waals surface area contributed by atoms with Crippen LogP contribution in [-0.4, -0.2) is 17.4 Å². The summed E-state index contributed by atoms with van der Waals surface area (Å²) in [6.45, 7) is 2.47. The smallest absolute Gasteiger partial charge is 0.253 e. The van der Waals surface area contributed by atoms with Gasteiger partial charge in [-0.1, -0.05) is 42.5 Å². The van der Waals surface area contributed by atoms with Crippen molar-refractivity contribution in [1.29, 1.82) is 5.26 Å². The molecule has 0 bridgehead atoms. The Morgan fingerprint density at radius 2 is 1.79 bits per heavy atom. The van der Waals surface area contributed by atoms with Crippen LogP contribution in [0.1, 0.15) is 22.8 Å². The lowest BCUT2D eigenvalue weighted by atomic mass is 10.1. The molecule has 0 saturated carbocycles. The molecule has 118 valence electrons. The maximum absolute atomic E-state index is 12.4. The molecular weight excluding hydrogens is 298 g/mol. The second kappa shape index (κ2) is 6.84. The van der Waals surface area contributed by atoms with Gasteiger partial charge in [-0.15, -0.1) is 0 Å². The van der Waals surface area contributed by atoms with Crippen LogP contribution < -0.4 is 5.32 Å². The number of aromatic amines is 1. The lowest BCUT2D eigenvalue weighted by molar-refractivity contribution is 0.0956. The van der Waals surface area contributed by atoms with Crippen molar-refractivity contribution in [2.45, 2.75) is 6.92 Å². The van der Waals surface area contributed by atoms with Crippen molar-refractivity contribution >= 4 is 5.91 Å². The standard InChI is InChI=1S/C20H17N3O/c1-2-22-20(24)17-12-18(15-10-8-14(13-21)9-11-15)23-19(17)16-6-4-3-5-7-16/h3-12,23H,2H2,1H3,(H,22,24). The lowest BCUT2D eigenvalue weighted by Crippen LogP contribution is -2.22. The highest BCUT2D eigenvalue weighted by Gasteiger charge is 2.17. The number of carbonyl (C=O) groups is 1. The normalized spacial score (nSPS) is 10.2. The molecule has 3 rings (SSSR count). The number of nitriles is 1. The van der Waals surface area contributed by atoms with Gasteiger partial charge < -0.3 is 10.3 Å². The first-order valence-electron chi connectivity index (χ1n) is 7.80. The number of nitrogens with zero attached hydrogens (tertiary/aromatic N) is 1. The number of aromatic nitrogens is 1. The van der Waals surface area contributed by atoms with Crippen LogP contribution in [-0.2, 0) is 0 Å². The second-order valence-electron chi connectivity index (χ2n) is 5.39. The second-order valence-corrected chi connectivity index (χ2v) is 5.39. The molecule has 0 spiro atoms. The van der Waals surface area contributed by atoms with Crippen molar-refractivity contribution in [3.8, 4) is 28.6 Å². The quantitative estimate of drug-likeness (QED) is 0.765. The van der Waals surface area contributed by atoms with Crippen molar-refractivity contribution in [3.63, 3.8) is 0 Å². The number of benzene rings is 2. The highest BCUT2D eigenvalue weighted by molar-refractivity contribution is 6.01. The third kappa shape index (κ3) is 3.06. The summed E-state index contributed by atoms with van der Waals surface area (Å²) in [4.78, 5) is 15.8. The number of H-pyrrole nitrogens is 1. The zero-order chi connectivity index (χ0) is 16.9. The van der Waals surface area contributed by atoms with Crippen molar-refractivity contribution in [2.75, 3.05) is 6.54 Å². The molecule has 0 aliphatic carbocycles. The zero-order valence-corrected chi connectivity index (χ0v) is 13.3.